The zero-order chi connectivity index (χ0) is 28.5. The van der Waals surface area contributed by atoms with Gasteiger partial charge in [-0.05, 0) is 72.7 Å². The lowest BCUT2D eigenvalue weighted by Gasteiger charge is -2.31. The summed E-state index contributed by atoms with van der Waals surface area (Å²) in [5.74, 6) is -0.796. The van der Waals surface area contributed by atoms with Crippen molar-refractivity contribution in [3.8, 4) is 16.9 Å². The number of aliphatic carboxylic acids is 1. The number of nitrogens with one attached hydrogen (secondary N) is 1. The number of anilines is 1. The van der Waals surface area contributed by atoms with E-state index in [2.05, 4.69) is 5.32 Å². The Hall–Kier alpha value is -4.40. The first kappa shape index (κ1) is 28.6. The van der Waals surface area contributed by atoms with Crippen LogP contribution in [-0.4, -0.2) is 42.8 Å². The summed E-state index contributed by atoms with van der Waals surface area (Å²) in [6.45, 7) is 2.68. The zero-order valence-electron chi connectivity index (χ0n) is 22.5. The number of carbonyl (C=O) groups is 3. The second kappa shape index (κ2) is 13.6. The molecule has 0 saturated carbocycles. The molecule has 0 aliphatic carbocycles. The predicted molar refractivity (Wildman–Crippen MR) is 149 cm³/mol. The Morgan fingerprint density at radius 2 is 1.85 bits per heavy atom. The first-order valence-corrected chi connectivity index (χ1v) is 13.4. The summed E-state index contributed by atoms with van der Waals surface area (Å²) < 4.78 is 24.7. The minimum atomic E-state index is -0.996. The van der Waals surface area contributed by atoms with E-state index in [-0.39, 0.29) is 31.3 Å². The lowest BCUT2D eigenvalue weighted by Crippen LogP contribution is -2.35. The SMILES string of the molecule is Cc1c(F)cccc1OCCCC(=O)N1CCCc2c(-c3cccc(COC(=O)NCCC(=O)O)c3)cccc21. The molecular formula is C31H33FN2O6. The Kier molecular flexibility index (Phi) is 9.72. The van der Waals surface area contributed by atoms with E-state index in [0.717, 1.165) is 40.8 Å². The van der Waals surface area contributed by atoms with Gasteiger partial charge in [-0.15, -0.1) is 0 Å². The largest absolute Gasteiger partial charge is 0.493 e. The maximum Gasteiger partial charge on any atom is 0.407 e. The molecule has 0 radical (unpaired) electrons. The summed E-state index contributed by atoms with van der Waals surface area (Å²) in [5.41, 5.74) is 5.22. The van der Waals surface area contributed by atoms with Crippen LogP contribution in [0.15, 0.2) is 60.7 Å². The van der Waals surface area contributed by atoms with Gasteiger partial charge in [-0.25, -0.2) is 9.18 Å². The first-order valence-electron chi connectivity index (χ1n) is 13.4. The highest BCUT2D eigenvalue weighted by Crippen LogP contribution is 2.36. The highest BCUT2D eigenvalue weighted by molar-refractivity contribution is 5.96. The second-order valence-electron chi connectivity index (χ2n) is 9.61. The number of hydrogen-bond acceptors (Lipinski definition) is 5. The molecule has 3 aromatic rings. The normalized spacial score (nSPS) is 12.4. The molecule has 0 atom stereocenters. The number of ether oxygens (including phenoxy) is 2. The zero-order valence-corrected chi connectivity index (χ0v) is 22.5. The van der Waals surface area contributed by atoms with Crippen molar-refractivity contribution in [3.63, 3.8) is 0 Å². The molecular weight excluding hydrogens is 515 g/mol. The van der Waals surface area contributed by atoms with E-state index in [1.54, 1.807) is 19.1 Å². The monoisotopic (exact) mass is 548 g/mol. The van der Waals surface area contributed by atoms with Crippen LogP contribution in [0.5, 0.6) is 5.75 Å². The lowest BCUT2D eigenvalue weighted by atomic mass is 9.91. The minimum Gasteiger partial charge on any atom is -0.493 e. The molecule has 0 saturated heterocycles. The molecule has 2 amide bonds. The molecule has 0 unspecified atom stereocenters. The van der Waals surface area contributed by atoms with Gasteiger partial charge in [-0.1, -0.05) is 36.4 Å². The first-order chi connectivity index (χ1) is 19.3. The Balaban J connectivity index is 1.38. The summed E-state index contributed by atoms with van der Waals surface area (Å²) in [4.78, 5) is 37.5. The van der Waals surface area contributed by atoms with E-state index in [9.17, 15) is 18.8 Å². The molecule has 0 bridgehead atoms. The molecule has 0 aromatic heterocycles. The van der Waals surface area contributed by atoms with E-state index in [1.807, 2.05) is 47.4 Å². The van der Waals surface area contributed by atoms with Gasteiger partial charge in [0.15, 0.2) is 0 Å². The van der Waals surface area contributed by atoms with Gasteiger partial charge in [0.25, 0.3) is 0 Å². The van der Waals surface area contributed by atoms with Crippen molar-refractivity contribution < 1.29 is 33.4 Å². The van der Waals surface area contributed by atoms with Gasteiger partial charge in [-0.3, -0.25) is 9.59 Å². The third kappa shape index (κ3) is 7.37. The van der Waals surface area contributed by atoms with E-state index in [4.69, 9.17) is 14.6 Å². The smallest absolute Gasteiger partial charge is 0.407 e. The molecule has 1 heterocycles. The van der Waals surface area contributed by atoms with Crippen LogP contribution >= 0.6 is 0 Å². The molecule has 0 spiro atoms. The van der Waals surface area contributed by atoms with Crippen LogP contribution in [0.25, 0.3) is 11.1 Å². The topological polar surface area (TPSA) is 105 Å². The predicted octanol–water partition coefficient (Wildman–Crippen LogP) is 5.64. The van der Waals surface area contributed by atoms with E-state index in [1.165, 1.54) is 6.07 Å². The quantitative estimate of drug-likeness (QED) is 0.301. The number of hydrogen-bond donors (Lipinski definition) is 2. The number of nitrogens with zero attached hydrogens (tertiary/aromatic N) is 1. The van der Waals surface area contributed by atoms with Crippen LogP contribution in [0.4, 0.5) is 14.9 Å². The van der Waals surface area contributed by atoms with Crippen molar-refractivity contribution in [1.82, 2.24) is 5.32 Å². The highest BCUT2D eigenvalue weighted by atomic mass is 19.1. The number of amides is 2. The molecule has 40 heavy (non-hydrogen) atoms. The fraction of sp³-hybridized carbons (Fsp3) is 0.323. The summed E-state index contributed by atoms with van der Waals surface area (Å²) in [6.07, 6.45) is 1.67. The fourth-order valence-corrected chi connectivity index (χ4v) is 4.74. The van der Waals surface area contributed by atoms with Crippen molar-refractivity contribution in [2.24, 2.45) is 0 Å². The Bertz CT molecular complexity index is 1380. The number of benzene rings is 3. The lowest BCUT2D eigenvalue weighted by molar-refractivity contribution is -0.136. The van der Waals surface area contributed by atoms with Crippen molar-refractivity contribution in [3.05, 3.63) is 83.2 Å². The van der Waals surface area contributed by atoms with Crippen molar-refractivity contribution in [2.45, 2.75) is 45.6 Å². The number of carboxylic acids is 1. The van der Waals surface area contributed by atoms with E-state index < -0.39 is 12.1 Å². The molecule has 210 valence electrons. The molecule has 4 rings (SSSR count). The molecule has 2 N–H and O–H groups in total. The number of carbonyl (C=O) groups excluding carboxylic acids is 2. The minimum absolute atomic E-state index is 0.000711. The average Bonchev–Trinajstić information content (AvgIpc) is 2.95. The molecule has 9 heteroatoms. The van der Waals surface area contributed by atoms with E-state index in [0.29, 0.717) is 37.3 Å². The number of fused-ring (bicyclic) bond motifs is 1. The van der Waals surface area contributed by atoms with Gasteiger partial charge in [-0.2, -0.15) is 0 Å². The van der Waals surface area contributed by atoms with Crippen molar-refractivity contribution in [1.29, 1.82) is 0 Å². The average molecular weight is 549 g/mol. The van der Waals surface area contributed by atoms with Gasteiger partial charge >= 0.3 is 12.1 Å². The molecule has 3 aromatic carbocycles. The summed E-state index contributed by atoms with van der Waals surface area (Å²) in [7, 11) is 0. The van der Waals surface area contributed by atoms with Crippen LogP contribution in [-0.2, 0) is 27.4 Å². The molecule has 8 nitrogen and oxygen atoms in total. The van der Waals surface area contributed by atoms with Crippen LogP contribution in [0.3, 0.4) is 0 Å². The van der Waals surface area contributed by atoms with Crippen molar-refractivity contribution in [2.75, 3.05) is 24.6 Å². The van der Waals surface area contributed by atoms with Gasteiger partial charge in [0.1, 0.15) is 18.2 Å². The third-order valence-corrected chi connectivity index (χ3v) is 6.78. The Morgan fingerprint density at radius 1 is 1.05 bits per heavy atom. The summed E-state index contributed by atoms with van der Waals surface area (Å²) in [5, 5.41) is 11.1. The van der Waals surface area contributed by atoms with Gasteiger partial charge in [0.05, 0.1) is 13.0 Å². The Morgan fingerprint density at radius 3 is 2.67 bits per heavy atom. The molecule has 0 fully saturated rings. The molecule has 1 aliphatic rings. The van der Waals surface area contributed by atoms with Gasteiger partial charge in [0.2, 0.25) is 5.91 Å². The molecule has 1 aliphatic heterocycles. The van der Waals surface area contributed by atoms with Crippen LogP contribution in [0.2, 0.25) is 0 Å². The maximum absolute atomic E-state index is 13.7. The summed E-state index contributed by atoms with van der Waals surface area (Å²) in [6, 6.07) is 18.3. The summed E-state index contributed by atoms with van der Waals surface area (Å²) >= 11 is 0. The second-order valence-corrected chi connectivity index (χ2v) is 9.61. The number of rotatable bonds is 11. The standard InChI is InChI=1S/C31H33FN2O6/c1-21-26(32)11-4-13-28(21)39-18-6-14-29(35)34-17-5-10-25-24(9-3-12-27(25)34)23-8-2-7-22(19-23)20-40-31(38)33-16-15-30(36)37/h2-4,7-9,11-13,19H,5-6,10,14-18,20H2,1H3,(H,33,38)(H,36,37). The van der Waals surface area contributed by atoms with E-state index >= 15 is 0 Å². The number of halogens is 1. The van der Waals surface area contributed by atoms with Gasteiger partial charge < -0.3 is 24.8 Å². The third-order valence-electron chi connectivity index (χ3n) is 6.78. The van der Waals surface area contributed by atoms with Crippen LogP contribution in [0.1, 0.15) is 42.4 Å². The van der Waals surface area contributed by atoms with Gasteiger partial charge in [0, 0.05) is 30.8 Å². The number of alkyl carbamates (subject to hydrolysis) is 1. The fourth-order valence-electron chi connectivity index (χ4n) is 4.74. The van der Waals surface area contributed by atoms with Crippen LogP contribution < -0.4 is 15.0 Å². The maximum atomic E-state index is 13.7. The Labute approximate surface area is 232 Å². The van der Waals surface area contributed by atoms with Crippen molar-refractivity contribution >= 4 is 23.7 Å². The number of carboxylic acid groups (broad SMARTS) is 1. The highest BCUT2D eigenvalue weighted by Gasteiger charge is 2.24. The van der Waals surface area contributed by atoms with Crippen LogP contribution in [0, 0.1) is 12.7 Å².